The van der Waals surface area contributed by atoms with Crippen molar-refractivity contribution >= 4 is 17.9 Å². The Hall–Kier alpha value is -2.37. The Morgan fingerprint density at radius 2 is 2.05 bits per heavy atom. The summed E-state index contributed by atoms with van der Waals surface area (Å²) in [7, 11) is 1.24. The first kappa shape index (κ1) is 14.0. The Bertz CT molecular complexity index is 515. The van der Waals surface area contributed by atoms with Gasteiger partial charge in [-0.3, -0.25) is 9.69 Å². The third-order valence-corrected chi connectivity index (χ3v) is 3.17. The van der Waals surface area contributed by atoms with Gasteiger partial charge in [0.15, 0.2) is 0 Å². The molecule has 6 nitrogen and oxygen atoms in total. The van der Waals surface area contributed by atoms with Crippen LogP contribution in [0.5, 0.6) is 0 Å². The monoisotopic (exact) mass is 276 g/mol. The van der Waals surface area contributed by atoms with E-state index in [1.807, 2.05) is 30.3 Å². The predicted octanol–water partition coefficient (Wildman–Crippen LogP) is 0.713. The molecule has 1 aliphatic rings. The fourth-order valence-corrected chi connectivity index (χ4v) is 2.06. The number of methoxy groups -OCH3 is 1. The second-order valence-electron chi connectivity index (χ2n) is 4.52. The lowest BCUT2D eigenvalue weighted by molar-refractivity contribution is -0.142. The summed E-state index contributed by atoms with van der Waals surface area (Å²) in [5, 5.41) is 2.43. The first-order chi connectivity index (χ1) is 9.61. The Morgan fingerprint density at radius 1 is 1.35 bits per heavy atom. The van der Waals surface area contributed by atoms with Gasteiger partial charge in [0.2, 0.25) is 5.91 Å². The molecule has 1 N–H and O–H groups in total. The Labute approximate surface area is 116 Å². The highest BCUT2D eigenvalue weighted by Gasteiger charge is 2.37. The summed E-state index contributed by atoms with van der Waals surface area (Å²) >= 11 is 0. The van der Waals surface area contributed by atoms with Crippen LogP contribution in [0.4, 0.5) is 4.79 Å². The van der Waals surface area contributed by atoms with Crippen LogP contribution >= 0.6 is 0 Å². The molecule has 0 spiro atoms. The van der Waals surface area contributed by atoms with Crippen LogP contribution in [0.1, 0.15) is 12.0 Å². The molecule has 1 aromatic carbocycles. The minimum Gasteiger partial charge on any atom is -0.467 e. The van der Waals surface area contributed by atoms with Gasteiger partial charge in [0.1, 0.15) is 6.04 Å². The van der Waals surface area contributed by atoms with E-state index in [1.54, 1.807) is 0 Å². The Balaban J connectivity index is 1.90. The second kappa shape index (κ2) is 6.18. The average Bonchev–Trinajstić information content (AvgIpc) is 2.87. The summed E-state index contributed by atoms with van der Waals surface area (Å²) in [6, 6.07) is 8.24. The van der Waals surface area contributed by atoms with Crippen molar-refractivity contribution in [3.63, 3.8) is 0 Å². The first-order valence-electron chi connectivity index (χ1n) is 6.34. The fourth-order valence-electron chi connectivity index (χ4n) is 2.06. The number of aryl methyl sites for hydroxylation is 1. The molecule has 1 atom stereocenters. The van der Waals surface area contributed by atoms with Crippen LogP contribution in [-0.2, 0) is 20.7 Å². The molecule has 6 heteroatoms. The van der Waals surface area contributed by atoms with Crippen molar-refractivity contribution in [1.29, 1.82) is 0 Å². The quantitative estimate of drug-likeness (QED) is 0.822. The molecule has 0 saturated carbocycles. The van der Waals surface area contributed by atoms with Gasteiger partial charge in [-0.25, -0.2) is 9.59 Å². The Morgan fingerprint density at radius 3 is 2.70 bits per heavy atom. The number of esters is 1. The van der Waals surface area contributed by atoms with Crippen LogP contribution in [0.15, 0.2) is 30.3 Å². The highest BCUT2D eigenvalue weighted by atomic mass is 16.5. The van der Waals surface area contributed by atoms with E-state index in [0.29, 0.717) is 6.42 Å². The number of nitrogens with one attached hydrogen (secondary N) is 1. The van der Waals surface area contributed by atoms with Crippen LogP contribution in [-0.4, -0.2) is 42.5 Å². The predicted molar refractivity (Wildman–Crippen MR) is 70.8 cm³/mol. The van der Waals surface area contributed by atoms with Crippen LogP contribution in [0.25, 0.3) is 0 Å². The minimum atomic E-state index is -0.770. The van der Waals surface area contributed by atoms with Gasteiger partial charge >= 0.3 is 12.0 Å². The summed E-state index contributed by atoms with van der Waals surface area (Å²) in [4.78, 5) is 36.0. The molecule has 1 aliphatic heterocycles. The summed E-state index contributed by atoms with van der Waals surface area (Å²) in [5.41, 5.74) is 1.03. The SMILES string of the molecule is COC(=O)[C@@H]1CN(C(=O)CCc2ccccc2)C(=O)N1. The van der Waals surface area contributed by atoms with Crippen LogP contribution in [0.3, 0.4) is 0 Å². The molecule has 0 unspecified atom stereocenters. The van der Waals surface area contributed by atoms with Gasteiger partial charge in [-0.15, -0.1) is 0 Å². The minimum absolute atomic E-state index is 0.0269. The highest BCUT2D eigenvalue weighted by molar-refractivity contribution is 5.99. The third-order valence-electron chi connectivity index (χ3n) is 3.17. The largest absolute Gasteiger partial charge is 0.467 e. The standard InChI is InChI=1S/C14H16N2O4/c1-20-13(18)11-9-16(14(19)15-11)12(17)8-7-10-5-3-2-4-6-10/h2-6,11H,7-9H2,1H3,(H,15,19)/t11-/m0/s1. The van der Waals surface area contributed by atoms with Crippen molar-refractivity contribution in [2.75, 3.05) is 13.7 Å². The zero-order chi connectivity index (χ0) is 14.5. The molecule has 0 aliphatic carbocycles. The number of rotatable bonds is 4. The van der Waals surface area contributed by atoms with Gasteiger partial charge < -0.3 is 10.1 Å². The number of hydrogen-bond acceptors (Lipinski definition) is 4. The fraction of sp³-hybridized carbons (Fsp3) is 0.357. The molecule has 0 bridgehead atoms. The van der Waals surface area contributed by atoms with Crippen molar-refractivity contribution in [2.45, 2.75) is 18.9 Å². The summed E-state index contributed by atoms with van der Waals surface area (Å²) < 4.78 is 4.55. The summed E-state index contributed by atoms with van der Waals surface area (Å²) in [6.45, 7) is 0.0269. The topological polar surface area (TPSA) is 75.7 Å². The molecular formula is C14H16N2O4. The Kier molecular flexibility index (Phi) is 4.34. The van der Waals surface area contributed by atoms with Crippen molar-refractivity contribution in [1.82, 2.24) is 10.2 Å². The van der Waals surface area contributed by atoms with Gasteiger partial charge in [-0.05, 0) is 12.0 Å². The van der Waals surface area contributed by atoms with Gasteiger partial charge in [0.05, 0.1) is 13.7 Å². The van der Waals surface area contributed by atoms with Crippen LogP contribution in [0.2, 0.25) is 0 Å². The number of imide groups is 1. The molecule has 3 amide bonds. The highest BCUT2D eigenvalue weighted by Crippen LogP contribution is 2.10. The second-order valence-corrected chi connectivity index (χ2v) is 4.52. The van der Waals surface area contributed by atoms with Crippen LogP contribution in [0, 0.1) is 0 Å². The average molecular weight is 276 g/mol. The van der Waals surface area contributed by atoms with Crippen molar-refractivity contribution in [3.8, 4) is 0 Å². The van der Waals surface area contributed by atoms with E-state index in [2.05, 4.69) is 10.1 Å². The van der Waals surface area contributed by atoms with E-state index >= 15 is 0 Å². The smallest absolute Gasteiger partial charge is 0.330 e. The number of hydrogen-bond donors (Lipinski definition) is 1. The van der Waals surface area contributed by atoms with Crippen molar-refractivity contribution in [3.05, 3.63) is 35.9 Å². The number of ether oxygens (including phenoxy) is 1. The number of urea groups is 1. The number of carbonyl (C=O) groups is 3. The summed E-state index contributed by atoms with van der Waals surface area (Å²) in [6.07, 6.45) is 0.789. The normalized spacial score (nSPS) is 17.8. The molecule has 1 aromatic rings. The molecule has 1 heterocycles. The van der Waals surface area contributed by atoms with Crippen molar-refractivity contribution in [2.24, 2.45) is 0 Å². The lowest BCUT2D eigenvalue weighted by atomic mass is 10.1. The zero-order valence-corrected chi connectivity index (χ0v) is 11.2. The molecular weight excluding hydrogens is 260 g/mol. The summed E-state index contributed by atoms with van der Waals surface area (Å²) in [5.74, 6) is -0.838. The van der Waals surface area contributed by atoms with E-state index in [9.17, 15) is 14.4 Å². The third kappa shape index (κ3) is 3.14. The number of benzene rings is 1. The lowest BCUT2D eigenvalue weighted by Gasteiger charge is -2.12. The van der Waals surface area contributed by atoms with Gasteiger partial charge in [-0.1, -0.05) is 30.3 Å². The van der Waals surface area contributed by atoms with E-state index < -0.39 is 18.0 Å². The number of amides is 3. The maximum Gasteiger partial charge on any atom is 0.330 e. The molecule has 0 aromatic heterocycles. The van der Waals surface area contributed by atoms with Gasteiger partial charge in [0, 0.05) is 6.42 Å². The van der Waals surface area contributed by atoms with Crippen LogP contribution < -0.4 is 5.32 Å². The van der Waals surface area contributed by atoms with E-state index in [4.69, 9.17) is 0 Å². The number of carbonyl (C=O) groups excluding carboxylic acids is 3. The first-order valence-corrected chi connectivity index (χ1v) is 6.34. The maximum atomic E-state index is 12.0. The van der Waals surface area contributed by atoms with E-state index in [0.717, 1.165) is 10.5 Å². The molecule has 1 saturated heterocycles. The maximum absolute atomic E-state index is 12.0. The molecule has 1 fully saturated rings. The molecule has 106 valence electrons. The van der Waals surface area contributed by atoms with E-state index in [1.165, 1.54) is 7.11 Å². The number of nitrogens with zero attached hydrogens (tertiary/aromatic N) is 1. The molecule has 2 rings (SSSR count). The molecule has 20 heavy (non-hydrogen) atoms. The molecule has 0 radical (unpaired) electrons. The van der Waals surface area contributed by atoms with E-state index in [-0.39, 0.29) is 18.9 Å². The zero-order valence-electron chi connectivity index (χ0n) is 11.2. The lowest BCUT2D eigenvalue weighted by Crippen LogP contribution is -2.35. The van der Waals surface area contributed by atoms with Gasteiger partial charge in [-0.2, -0.15) is 0 Å². The van der Waals surface area contributed by atoms with Crippen molar-refractivity contribution < 1.29 is 19.1 Å². The van der Waals surface area contributed by atoms with Gasteiger partial charge in [0.25, 0.3) is 0 Å².